The van der Waals surface area contributed by atoms with E-state index >= 15 is 0 Å². The summed E-state index contributed by atoms with van der Waals surface area (Å²) in [5.41, 5.74) is -0.0328. The van der Waals surface area contributed by atoms with Crippen LogP contribution in [-0.4, -0.2) is 57.0 Å². The second-order valence-corrected chi connectivity index (χ2v) is 7.66. The molecule has 1 saturated heterocycles. The Morgan fingerprint density at radius 1 is 1.70 bits per heavy atom. The molecule has 2 heterocycles. The number of amides is 1. The zero-order valence-corrected chi connectivity index (χ0v) is 14.4. The Hall–Kier alpha value is -1.45. The van der Waals surface area contributed by atoms with Gasteiger partial charge in [0, 0.05) is 5.75 Å². The molecule has 7 nitrogen and oxygen atoms in total. The van der Waals surface area contributed by atoms with Crippen LogP contribution in [0.15, 0.2) is 27.7 Å². The lowest BCUT2D eigenvalue weighted by atomic mass is 9.80. The number of carboxylic acids is 1. The van der Waals surface area contributed by atoms with Gasteiger partial charge >= 0.3 is 5.97 Å². The summed E-state index contributed by atoms with van der Waals surface area (Å²) in [6.07, 6.45) is 2.69. The largest absolute Gasteiger partial charge is 0.477 e. The van der Waals surface area contributed by atoms with Crippen molar-refractivity contribution in [3.05, 3.63) is 22.6 Å². The van der Waals surface area contributed by atoms with Gasteiger partial charge in [-0.25, -0.2) is 4.79 Å². The lowest BCUT2D eigenvalue weighted by molar-refractivity contribution is -0.166. The predicted molar refractivity (Wildman–Crippen MR) is 89.8 cm³/mol. The fourth-order valence-electron chi connectivity index (χ4n) is 2.85. The molecule has 0 aromatic carbocycles. The van der Waals surface area contributed by atoms with E-state index in [0.717, 1.165) is 0 Å². The number of oxime groups is 1. The normalized spacial score (nSPS) is 27.9. The van der Waals surface area contributed by atoms with E-state index in [9.17, 15) is 19.8 Å². The Morgan fingerprint density at radius 3 is 2.91 bits per heavy atom. The third-order valence-electron chi connectivity index (χ3n) is 3.63. The molecule has 0 bridgehead atoms. The summed E-state index contributed by atoms with van der Waals surface area (Å²) in [5.74, 6) is -1.76. The highest BCUT2D eigenvalue weighted by atomic mass is 32.2. The monoisotopic (exact) mass is 358 g/mol. The fraction of sp³-hybridized carbons (Fsp3) is 0.500. The number of rotatable bonds is 8. The van der Waals surface area contributed by atoms with E-state index < -0.39 is 22.9 Å². The summed E-state index contributed by atoms with van der Waals surface area (Å²) in [4.78, 5) is 29.0. The number of β-lactam (4-membered cyclic amide) rings is 1. The lowest BCUT2D eigenvalue weighted by Gasteiger charge is -2.54. The second-order valence-electron chi connectivity index (χ2n) is 5.05. The number of aliphatic hydroxyl groups is 1. The Balaban J connectivity index is 2.33. The van der Waals surface area contributed by atoms with Crippen LogP contribution in [-0.2, 0) is 14.4 Å². The van der Waals surface area contributed by atoms with Gasteiger partial charge in [-0.05, 0) is 13.3 Å². The molecule has 0 radical (unpaired) electrons. The molecule has 0 aromatic heterocycles. The molecule has 1 fully saturated rings. The zero-order chi connectivity index (χ0) is 17.2. The summed E-state index contributed by atoms with van der Waals surface area (Å²) >= 11 is 2.57. The summed E-state index contributed by atoms with van der Waals surface area (Å²) in [6.45, 7) is 5.24. The number of hydrogen-bond acceptors (Lipinski definition) is 7. The van der Waals surface area contributed by atoms with Crippen molar-refractivity contribution in [3.8, 4) is 0 Å². The first-order valence-electron chi connectivity index (χ1n) is 6.88. The molecule has 1 amide bonds. The third kappa shape index (κ3) is 2.88. The maximum absolute atomic E-state index is 12.4. The molecule has 0 spiro atoms. The van der Waals surface area contributed by atoms with Crippen molar-refractivity contribution in [3.63, 3.8) is 0 Å². The summed E-state index contributed by atoms with van der Waals surface area (Å²) < 4.78 is 0.526. The van der Waals surface area contributed by atoms with Crippen LogP contribution in [0.3, 0.4) is 0 Å². The van der Waals surface area contributed by atoms with Crippen molar-refractivity contribution in [2.45, 2.75) is 24.3 Å². The van der Waals surface area contributed by atoms with Crippen molar-refractivity contribution >= 4 is 41.6 Å². The number of thioether (sulfide) groups is 2. The number of aliphatic carboxylic acids is 1. The molecule has 0 aromatic rings. The molecular formula is C14H18N2O5S2. The maximum Gasteiger partial charge on any atom is 0.354 e. The Kier molecular flexibility index (Phi) is 5.43. The highest BCUT2D eigenvalue weighted by Gasteiger charge is 2.67. The summed E-state index contributed by atoms with van der Waals surface area (Å²) in [5, 5.41) is 23.0. The van der Waals surface area contributed by atoms with Crippen LogP contribution in [0.1, 0.15) is 13.3 Å². The molecule has 126 valence electrons. The number of fused-ring (bicyclic) bond motifs is 1. The van der Waals surface area contributed by atoms with E-state index in [4.69, 9.17) is 0 Å². The third-order valence-corrected chi connectivity index (χ3v) is 6.34. The molecule has 0 aliphatic carbocycles. The Labute approximate surface area is 142 Å². The lowest BCUT2D eigenvalue weighted by Crippen LogP contribution is -2.69. The topological polar surface area (TPSA) is 99.4 Å². The maximum atomic E-state index is 12.4. The second kappa shape index (κ2) is 6.98. The quantitative estimate of drug-likeness (QED) is 0.293. The smallest absolute Gasteiger partial charge is 0.354 e. The van der Waals surface area contributed by atoms with E-state index in [1.54, 1.807) is 13.0 Å². The number of aliphatic hydroxyl groups excluding tert-OH is 1. The van der Waals surface area contributed by atoms with E-state index in [1.807, 2.05) is 0 Å². The molecule has 23 heavy (non-hydrogen) atoms. The molecule has 3 atom stereocenters. The zero-order valence-electron chi connectivity index (χ0n) is 12.8. The van der Waals surface area contributed by atoms with E-state index in [1.165, 1.54) is 41.7 Å². The van der Waals surface area contributed by atoms with Crippen LogP contribution < -0.4 is 0 Å². The molecule has 9 heteroatoms. The SMILES string of the molecule is C=CC[C@]12SC(SCC=NOC)=C(C(=O)O)N1C(=O)[C@@H]2C(C)O. The average Bonchev–Trinajstić information content (AvgIpc) is 2.74. The van der Waals surface area contributed by atoms with E-state index in [0.29, 0.717) is 16.4 Å². The van der Waals surface area contributed by atoms with Crippen LogP contribution >= 0.6 is 23.5 Å². The standard InChI is InChI=1S/C14H18N2O5S2/c1-4-5-14-9(8(2)17)11(18)16(14)10(12(19)20)13(23-14)22-7-6-15-21-3/h4,6,8-9,17H,1,5,7H2,2-3H3,(H,19,20)/t8?,9-,14+/m0/s1. The molecule has 2 rings (SSSR count). The van der Waals surface area contributed by atoms with Gasteiger partial charge in [0.25, 0.3) is 0 Å². The van der Waals surface area contributed by atoms with Gasteiger partial charge in [0.2, 0.25) is 5.91 Å². The minimum absolute atomic E-state index is 0.0328. The minimum Gasteiger partial charge on any atom is -0.477 e. The number of hydrogen-bond donors (Lipinski definition) is 2. The fourth-order valence-corrected chi connectivity index (χ4v) is 5.82. The van der Waals surface area contributed by atoms with Gasteiger partial charge in [0.1, 0.15) is 12.0 Å². The number of nitrogens with zero attached hydrogens (tertiary/aromatic N) is 2. The van der Waals surface area contributed by atoms with Crippen molar-refractivity contribution in [2.75, 3.05) is 12.9 Å². The Morgan fingerprint density at radius 2 is 2.39 bits per heavy atom. The number of carboxylic acid groups (broad SMARTS) is 1. The van der Waals surface area contributed by atoms with Gasteiger partial charge in [-0.15, -0.1) is 18.3 Å². The first kappa shape index (κ1) is 17.9. The van der Waals surface area contributed by atoms with E-state index in [-0.39, 0.29) is 11.6 Å². The molecule has 1 unspecified atom stereocenters. The molecule has 0 saturated carbocycles. The predicted octanol–water partition coefficient (Wildman–Crippen LogP) is 1.46. The minimum atomic E-state index is -1.16. The highest BCUT2D eigenvalue weighted by molar-refractivity contribution is 8.23. The summed E-state index contributed by atoms with van der Waals surface area (Å²) in [7, 11) is 1.42. The van der Waals surface area contributed by atoms with Gasteiger partial charge in [0.05, 0.1) is 22.5 Å². The molecule has 2 aliphatic rings. The van der Waals surface area contributed by atoms with Crippen LogP contribution in [0, 0.1) is 5.92 Å². The van der Waals surface area contributed by atoms with Crippen LogP contribution in [0.5, 0.6) is 0 Å². The number of carbonyl (C=O) groups is 2. The molecule has 2 aliphatic heterocycles. The van der Waals surface area contributed by atoms with Crippen molar-refractivity contribution in [1.29, 1.82) is 0 Å². The van der Waals surface area contributed by atoms with Gasteiger partial charge in [-0.2, -0.15) is 0 Å². The first-order valence-corrected chi connectivity index (χ1v) is 8.68. The van der Waals surface area contributed by atoms with Crippen molar-refractivity contribution < 1.29 is 24.6 Å². The van der Waals surface area contributed by atoms with Crippen LogP contribution in [0.2, 0.25) is 0 Å². The van der Waals surface area contributed by atoms with Gasteiger partial charge < -0.3 is 15.1 Å². The van der Waals surface area contributed by atoms with Gasteiger partial charge in [-0.1, -0.05) is 23.0 Å². The Bertz CT molecular complexity index is 590. The van der Waals surface area contributed by atoms with Gasteiger partial charge in [0.15, 0.2) is 5.70 Å². The first-order chi connectivity index (χ1) is 10.9. The van der Waals surface area contributed by atoms with Crippen molar-refractivity contribution in [2.24, 2.45) is 11.1 Å². The molecular weight excluding hydrogens is 340 g/mol. The molecule has 2 N–H and O–H groups in total. The number of carbonyl (C=O) groups excluding carboxylic acids is 1. The van der Waals surface area contributed by atoms with Crippen molar-refractivity contribution in [1.82, 2.24) is 4.90 Å². The summed E-state index contributed by atoms with van der Waals surface area (Å²) in [6, 6.07) is 0. The van der Waals surface area contributed by atoms with E-state index in [2.05, 4.69) is 16.6 Å². The highest BCUT2D eigenvalue weighted by Crippen LogP contribution is 2.62. The van der Waals surface area contributed by atoms with Gasteiger partial charge in [-0.3, -0.25) is 9.69 Å². The average molecular weight is 358 g/mol. The van der Waals surface area contributed by atoms with Crippen LogP contribution in [0.4, 0.5) is 0 Å². The van der Waals surface area contributed by atoms with Crippen LogP contribution in [0.25, 0.3) is 0 Å².